The number of nitrogen functional groups attached to an aromatic ring is 1. The molecule has 0 saturated carbocycles. The molecule has 0 aliphatic carbocycles. The molecule has 2 atom stereocenters. The molecular weight excluding hydrogens is 234 g/mol. The van der Waals surface area contributed by atoms with Gasteiger partial charge in [0.15, 0.2) is 5.13 Å². The normalized spacial score (nSPS) is 24.9. The number of aromatic nitrogens is 1. The summed E-state index contributed by atoms with van der Waals surface area (Å²) in [4.78, 5) is 18.4. The van der Waals surface area contributed by atoms with Gasteiger partial charge in [-0.05, 0) is 33.1 Å². The van der Waals surface area contributed by atoms with E-state index in [-0.39, 0.29) is 5.91 Å². The van der Waals surface area contributed by atoms with Crippen LogP contribution in [0.15, 0.2) is 5.38 Å². The largest absolute Gasteiger partial charge is 0.375 e. The summed E-state index contributed by atoms with van der Waals surface area (Å²) in [5.41, 5.74) is 6.36. The number of amides is 1. The topological polar surface area (TPSA) is 59.2 Å². The lowest BCUT2D eigenvalue weighted by Gasteiger charge is -2.39. The third kappa shape index (κ3) is 2.77. The van der Waals surface area contributed by atoms with Crippen molar-refractivity contribution in [1.29, 1.82) is 0 Å². The molecule has 0 bridgehead atoms. The number of hydrogen-bond donors (Lipinski definition) is 1. The second kappa shape index (κ2) is 5.04. The number of anilines is 1. The molecule has 2 heterocycles. The molecule has 94 valence electrons. The maximum absolute atomic E-state index is 12.2. The number of carbonyl (C=O) groups is 1. The predicted octanol–water partition coefficient (Wildman–Crippen LogP) is 2.06. The minimum atomic E-state index is 0.176. The Balaban J connectivity index is 2.03. The molecule has 1 aromatic heterocycles. The van der Waals surface area contributed by atoms with E-state index < -0.39 is 0 Å². The van der Waals surface area contributed by atoms with Crippen molar-refractivity contribution in [2.75, 3.05) is 5.73 Å². The third-order valence-electron chi connectivity index (χ3n) is 3.38. The number of thiazole rings is 1. The third-order valence-corrected chi connectivity index (χ3v) is 4.11. The van der Waals surface area contributed by atoms with Crippen LogP contribution in [0.25, 0.3) is 0 Å². The van der Waals surface area contributed by atoms with Crippen LogP contribution in [0, 0.1) is 0 Å². The first-order valence-electron chi connectivity index (χ1n) is 6.09. The van der Waals surface area contributed by atoms with E-state index in [1.807, 2.05) is 10.3 Å². The van der Waals surface area contributed by atoms with E-state index in [1.54, 1.807) is 0 Å². The summed E-state index contributed by atoms with van der Waals surface area (Å²) < 4.78 is 0. The first-order valence-corrected chi connectivity index (χ1v) is 6.97. The van der Waals surface area contributed by atoms with Crippen molar-refractivity contribution in [3.05, 3.63) is 11.1 Å². The minimum Gasteiger partial charge on any atom is -0.375 e. The number of likely N-dealkylation sites (tertiary alicyclic amines) is 1. The van der Waals surface area contributed by atoms with Gasteiger partial charge in [0.25, 0.3) is 0 Å². The predicted molar refractivity (Wildman–Crippen MR) is 69.9 cm³/mol. The Hall–Kier alpha value is -1.10. The van der Waals surface area contributed by atoms with Gasteiger partial charge in [-0.2, -0.15) is 0 Å². The molecule has 1 amide bonds. The summed E-state index contributed by atoms with van der Waals surface area (Å²) in [7, 11) is 0. The number of piperidine rings is 1. The van der Waals surface area contributed by atoms with Gasteiger partial charge in [-0.25, -0.2) is 4.98 Å². The number of hydrogen-bond acceptors (Lipinski definition) is 4. The van der Waals surface area contributed by atoms with E-state index in [1.165, 1.54) is 17.8 Å². The van der Waals surface area contributed by atoms with Gasteiger partial charge in [0.1, 0.15) is 0 Å². The van der Waals surface area contributed by atoms with Crippen LogP contribution in [0.3, 0.4) is 0 Å². The molecule has 5 heteroatoms. The van der Waals surface area contributed by atoms with Gasteiger partial charge in [-0.3, -0.25) is 4.79 Å². The summed E-state index contributed by atoms with van der Waals surface area (Å²) in [6.07, 6.45) is 3.81. The second-order valence-electron chi connectivity index (χ2n) is 4.78. The molecular formula is C12H19N3OS. The quantitative estimate of drug-likeness (QED) is 0.877. The zero-order valence-electron chi connectivity index (χ0n) is 10.3. The number of rotatable bonds is 2. The first-order chi connectivity index (χ1) is 8.08. The van der Waals surface area contributed by atoms with Gasteiger partial charge in [0.05, 0.1) is 12.1 Å². The van der Waals surface area contributed by atoms with E-state index in [2.05, 4.69) is 18.8 Å². The van der Waals surface area contributed by atoms with Gasteiger partial charge in [0, 0.05) is 17.5 Å². The highest BCUT2D eigenvalue weighted by atomic mass is 32.1. The van der Waals surface area contributed by atoms with Crippen LogP contribution >= 0.6 is 11.3 Å². The SMILES string of the molecule is C[C@@H]1CCC[C@H](C)N1C(=O)Cc1csc(N)n1. The van der Waals surface area contributed by atoms with E-state index in [4.69, 9.17) is 5.73 Å². The average molecular weight is 253 g/mol. The Morgan fingerprint density at radius 2 is 2.18 bits per heavy atom. The lowest BCUT2D eigenvalue weighted by molar-refractivity contribution is -0.136. The number of carbonyl (C=O) groups excluding carboxylic acids is 1. The summed E-state index contributed by atoms with van der Waals surface area (Å²) in [5.74, 6) is 0.176. The van der Waals surface area contributed by atoms with E-state index in [0.29, 0.717) is 23.6 Å². The zero-order valence-corrected chi connectivity index (χ0v) is 11.2. The molecule has 1 aromatic rings. The standard InChI is InChI=1S/C12H19N3OS/c1-8-4-3-5-9(2)15(8)11(16)6-10-7-17-12(13)14-10/h7-9H,3-6H2,1-2H3,(H2,13,14)/t8-,9+. The van der Waals surface area contributed by atoms with Gasteiger partial charge in [-0.1, -0.05) is 0 Å². The van der Waals surface area contributed by atoms with Crippen molar-refractivity contribution < 1.29 is 4.79 Å². The Bertz CT molecular complexity index is 394. The highest BCUT2D eigenvalue weighted by Gasteiger charge is 2.28. The van der Waals surface area contributed by atoms with Crippen molar-refractivity contribution in [3.8, 4) is 0 Å². The van der Waals surface area contributed by atoms with Crippen LogP contribution in [0.5, 0.6) is 0 Å². The maximum atomic E-state index is 12.2. The van der Waals surface area contributed by atoms with E-state index in [9.17, 15) is 4.79 Å². The van der Waals surface area contributed by atoms with Crippen molar-refractivity contribution >= 4 is 22.4 Å². The Morgan fingerprint density at radius 3 is 2.71 bits per heavy atom. The Morgan fingerprint density at radius 1 is 1.53 bits per heavy atom. The van der Waals surface area contributed by atoms with Crippen LogP contribution in [0.1, 0.15) is 38.8 Å². The van der Waals surface area contributed by atoms with Crippen molar-refractivity contribution in [1.82, 2.24) is 9.88 Å². The number of nitrogens with two attached hydrogens (primary N) is 1. The molecule has 0 unspecified atom stereocenters. The molecule has 1 aliphatic rings. The van der Waals surface area contributed by atoms with Crippen molar-refractivity contribution in [3.63, 3.8) is 0 Å². The molecule has 1 saturated heterocycles. The summed E-state index contributed by atoms with van der Waals surface area (Å²) in [6.45, 7) is 4.26. The first kappa shape index (κ1) is 12.4. The fourth-order valence-corrected chi connectivity index (χ4v) is 3.13. The van der Waals surface area contributed by atoms with Crippen LogP contribution in [0.2, 0.25) is 0 Å². The fourth-order valence-electron chi connectivity index (χ4n) is 2.56. The van der Waals surface area contributed by atoms with Gasteiger partial charge >= 0.3 is 0 Å². The van der Waals surface area contributed by atoms with Crippen LogP contribution in [0.4, 0.5) is 5.13 Å². The Kier molecular flexibility index (Phi) is 3.66. The average Bonchev–Trinajstić information content (AvgIpc) is 2.63. The van der Waals surface area contributed by atoms with Crippen LogP contribution in [-0.2, 0) is 11.2 Å². The smallest absolute Gasteiger partial charge is 0.229 e. The molecule has 0 aromatic carbocycles. The number of nitrogens with zero attached hydrogens (tertiary/aromatic N) is 2. The fraction of sp³-hybridized carbons (Fsp3) is 0.667. The molecule has 4 nitrogen and oxygen atoms in total. The van der Waals surface area contributed by atoms with Crippen molar-refractivity contribution in [2.24, 2.45) is 0 Å². The van der Waals surface area contributed by atoms with E-state index in [0.717, 1.165) is 18.5 Å². The summed E-state index contributed by atoms with van der Waals surface area (Å²) in [5, 5.41) is 2.40. The second-order valence-corrected chi connectivity index (χ2v) is 5.67. The monoisotopic (exact) mass is 253 g/mol. The van der Waals surface area contributed by atoms with Gasteiger partial charge < -0.3 is 10.6 Å². The lowest BCUT2D eigenvalue weighted by Crippen LogP contribution is -2.48. The molecule has 2 rings (SSSR count). The maximum Gasteiger partial charge on any atom is 0.229 e. The summed E-state index contributed by atoms with van der Waals surface area (Å²) >= 11 is 1.39. The molecule has 0 spiro atoms. The Labute approximate surface area is 106 Å². The molecule has 1 fully saturated rings. The highest BCUT2D eigenvalue weighted by molar-refractivity contribution is 7.13. The van der Waals surface area contributed by atoms with Crippen LogP contribution < -0.4 is 5.73 Å². The zero-order chi connectivity index (χ0) is 12.4. The highest BCUT2D eigenvalue weighted by Crippen LogP contribution is 2.23. The van der Waals surface area contributed by atoms with E-state index >= 15 is 0 Å². The van der Waals surface area contributed by atoms with Gasteiger partial charge in [0.2, 0.25) is 5.91 Å². The minimum absolute atomic E-state index is 0.176. The van der Waals surface area contributed by atoms with Gasteiger partial charge in [-0.15, -0.1) is 11.3 Å². The molecule has 0 radical (unpaired) electrons. The van der Waals surface area contributed by atoms with Crippen molar-refractivity contribution in [2.45, 2.75) is 51.6 Å². The lowest BCUT2D eigenvalue weighted by atomic mass is 9.97. The molecule has 2 N–H and O–H groups in total. The molecule has 17 heavy (non-hydrogen) atoms. The summed E-state index contributed by atoms with van der Waals surface area (Å²) in [6, 6.07) is 0.699. The van der Waals surface area contributed by atoms with Crippen LogP contribution in [-0.4, -0.2) is 27.9 Å². The molecule has 1 aliphatic heterocycles.